The van der Waals surface area contributed by atoms with Gasteiger partial charge in [0.15, 0.2) is 0 Å². The van der Waals surface area contributed by atoms with Gasteiger partial charge in [-0.2, -0.15) is 0 Å². The Morgan fingerprint density at radius 1 is 1.13 bits per heavy atom. The standard InChI is InChI=1S/C19H20N2S2/c1-2-5-15-10-16(8-7-14(15)4-1)19(18-6-3-9-23-18)20-11-17-12-22-13-21-17/h3,6-10,12-13,19-20H,1-2,4-5,11H2. The molecule has 0 amide bonds. The van der Waals surface area contributed by atoms with E-state index in [2.05, 4.69) is 51.4 Å². The fourth-order valence-electron chi connectivity index (χ4n) is 3.30. The van der Waals surface area contributed by atoms with Crippen LogP contribution in [-0.4, -0.2) is 4.98 Å². The normalized spacial score (nSPS) is 15.3. The van der Waals surface area contributed by atoms with Gasteiger partial charge < -0.3 is 0 Å². The molecule has 4 rings (SSSR count). The summed E-state index contributed by atoms with van der Waals surface area (Å²) in [5, 5.41) is 7.98. The van der Waals surface area contributed by atoms with Gasteiger partial charge in [0.2, 0.25) is 0 Å². The molecule has 1 N–H and O–H groups in total. The topological polar surface area (TPSA) is 24.9 Å². The molecule has 1 aliphatic rings. The lowest BCUT2D eigenvalue weighted by atomic mass is 9.89. The van der Waals surface area contributed by atoms with Crippen molar-refractivity contribution in [2.45, 2.75) is 38.3 Å². The molecular weight excluding hydrogens is 320 g/mol. The first-order valence-electron chi connectivity index (χ1n) is 8.16. The summed E-state index contributed by atoms with van der Waals surface area (Å²) in [6.07, 6.45) is 5.13. The molecule has 0 saturated carbocycles. The van der Waals surface area contributed by atoms with Gasteiger partial charge in [-0.25, -0.2) is 4.98 Å². The number of benzene rings is 1. The van der Waals surface area contributed by atoms with Gasteiger partial charge in [-0.15, -0.1) is 22.7 Å². The van der Waals surface area contributed by atoms with Gasteiger partial charge in [-0.3, -0.25) is 5.32 Å². The maximum Gasteiger partial charge on any atom is 0.0795 e. The zero-order valence-electron chi connectivity index (χ0n) is 13.0. The van der Waals surface area contributed by atoms with Crippen LogP contribution in [0.1, 0.15) is 46.1 Å². The third kappa shape index (κ3) is 3.39. The summed E-state index contributed by atoms with van der Waals surface area (Å²) < 4.78 is 0. The molecule has 0 fully saturated rings. The summed E-state index contributed by atoms with van der Waals surface area (Å²) in [7, 11) is 0. The lowest BCUT2D eigenvalue weighted by Crippen LogP contribution is -2.22. The Bertz CT molecular complexity index is 748. The molecule has 3 aromatic rings. The van der Waals surface area contributed by atoms with E-state index >= 15 is 0 Å². The molecule has 4 heteroatoms. The van der Waals surface area contributed by atoms with Gasteiger partial charge in [0.05, 0.1) is 17.2 Å². The highest BCUT2D eigenvalue weighted by atomic mass is 32.1. The van der Waals surface area contributed by atoms with Gasteiger partial charge >= 0.3 is 0 Å². The smallest absolute Gasteiger partial charge is 0.0795 e. The molecule has 0 saturated heterocycles. The Morgan fingerprint density at radius 2 is 2.04 bits per heavy atom. The quantitative estimate of drug-likeness (QED) is 0.710. The minimum atomic E-state index is 0.254. The maximum atomic E-state index is 4.39. The molecule has 2 nitrogen and oxygen atoms in total. The summed E-state index contributed by atoms with van der Waals surface area (Å²) in [4.78, 5) is 5.76. The second-order valence-corrected chi connectivity index (χ2v) is 7.74. The second kappa shape index (κ2) is 6.95. The minimum Gasteiger partial charge on any atom is -0.300 e. The van der Waals surface area contributed by atoms with Crippen molar-refractivity contribution in [1.82, 2.24) is 10.3 Å². The van der Waals surface area contributed by atoms with Crippen molar-refractivity contribution in [2.24, 2.45) is 0 Å². The van der Waals surface area contributed by atoms with E-state index in [0.29, 0.717) is 0 Å². The van der Waals surface area contributed by atoms with E-state index in [0.717, 1.165) is 12.2 Å². The molecule has 0 spiro atoms. The molecule has 1 aliphatic carbocycles. The molecule has 2 heterocycles. The molecule has 0 bridgehead atoms. The van der Waals surface area contributed by atoms with Crippen molar-refractivity contribution < 1.29 is 0 Å². The highest BCUT2D eigenvalue weighted by molar-refractivity contribution is 7.10. The molecule has 1 unspecified atom stereocenters. The number of hydrogen-bond acceptors (Lipinski definition) is 4. The Kier molecular flexibility index (Phi) is 4.55. The first-order chi connectivity index (χ1) is 11.4. The molecule has 118 valence electrons. The van der Waals surface area contributed by atoms with Gasteiger partial charge in [-0.1, -0.05) is 24.3 Å². The van der Waals surface area contributed by atoms with Crippen LogP contribution in [0.25, 0.3) is 0 Å². The van der Waals surface area contributed by atoms with Gasteiger partial charge in [0, 0.05) is 16.8 Å². The molecule has 23 heavy (non-hydrogen) atoms. The lowest BCUT2D eigenvalue weighted by Gasteiger charge is -2.22. The second-order valence-electron chi connectivity index (χ2n) is 6.04. The van der Waals surface area contributed by atoms with E-state index in [9.17, 15) is 0 Å². The predicted molar refractivity (Wildman–Crippen MR) is 98.2 cm³/mol. The Balaban J connectivity index is 1.62. The summed E-state index contributed by atoms with van der Waals surface area (Å²) in [6, 6.07) is 11.7. The number of nitrogens with one attached hydrogen (secondary N) is 1. The fraction of sp³-hybridized carbons (Fsp3) is 0.316. The van der Waals surface area contributed by atoms with Crippen LogP contribution in [0.4, 0.5) is 0 Å². The van der Waals surface area contributed by atoms with E-state index < -0.39 is 0 Å². The van der Waals surface area contributed by atoms with E-state index in [1.54, 1.807) is 22.5 Å². The highest BCUT2D eigenvalue weighted by Gasteiger charge is 2.18. The molecule has 1 aromatic carbocycles. The van der Waals surface area contributed by atoms with Crippen LogP contribution in [0, 0.1) is 0 Å². The number of thiazole rings is 1. The van der Waals surface area contributed by atoms with Crippen molar-refractivity contribution in [2.75, 3.05) is 0 Å². The number of aryl methyl sites for hydroxylation is 2. The zero-order chi connectivity index (χ0) is 15.5. The van der Waals surface area contributed by atoms with Crippen molar-refractivity contribution in [1.29, 1.82) is 0 Å². The maximum absolute atomic E-state index is 4.39. The fourth-order valence-corrected chi connectivity index (χ4v) is 4.69. The third-order valence-corrected chi connectivity index (χ3v) is 6.08. The van der Waals surface area contributed by atoms with Crippen molar-refractivity contribution >= 4 is 22.7 Å². The van der Waals surface area contributed by atoms with Crippen LogP contribution >= 0.6 is 22.7 Å². The summed E-state index contributed by atoms with van der Waals surface area (Å²) in [5.74, 6) is 0. The van der Waals surface area contributed by atoms with Crippen LogP contribution in [0.5, 0.6) is 0 Å². The van der Waals surface area contributed by atoms with Crippen LogP contribution in [0.2, 0.25) is 0 Å². The first kappa shape index (κ1) is 15.1. The van der Waals surface area contributed by atoms with Crippen LogP contribution in [0.3, 0.4) is 0 Å². The summed E-state index contributed by atoms with van der Waals surface area (Å²) in [5.41, 5.74) is 7.49. The van der Waals surface area contributed by atoms with Gasteiger partial charge in [0.1, 0.15) is 0 Å². The number of hydrogen-bond donors (Lipinski definition) is 1. The molecule has 0 radical (unpaired) electrons. The summed E-state index contributed by atoms with van der Waals surface area (Å²) in [6.45, 7) is 0.809. The lowest BCUT2D eigenvalue weighted by molar-refractivity contribution is 0.603. The number of nitrogens with zero attached hydrogens (tertiary/aromatic N) is 1. The highest BCUT2D eigenvalue weighted by Crippen LogP contribution is 2.30. The Morgan fingerprint density at radius 3 is 2.83 bits per heavy atom. The molecular formula is C19H20N2S2. The molecule has 0 aliphatic heterocycles. The average molecular weight is 341 g/mol. The van der Waals surface area contributed by atoms with Crippen LogP contribution in [0.15, 0.2) is 46.6 Å². The molecule has 2 aromatic heterocycles. The Labute approximate surface area is 145 Å². The SMILES string of the molecule is c1csc(C(NCc2cscn2)c2ccc3c(c2)CCCC3)c1. The third-order valence-electron chi connectivity index (χ3n) is 4.50. The van der Waals surface area contributed by atoms with Crippen LogP contribution in [-0.2, 0) is 19.4 Å². The summed E-state index contributed by atoms with van der Waals surface area (Å²) >= 11 is 3.47. The van der Waals surface area contributed by atoms with Gasteiger partial charge in [-0.05, 0) is 53.8 Å². The minimum absolute atomic E-state index is 0.254. The van der Waals surface area contributed by atoms with E-state index in [4.69, 9.17) is 0 Å². The number of rotatable bonds is 5. The monoisotopic (exact) mass is 340 g/mol. The van der Waals surface area contributed by atoms with Crippen molar-refractivity contribution in [3.05, 3.63) is 73.9 Å². The van der Waals surface area contributed by atoms with Crippen LogP contribution < -0.4 is 5.32 Å². The van der Waals surface area contributed by atoms with E-state index in [1.807, 2.05) is 16.8 Å². The average Bonchev–Trinajstić information content (AvgIpc) is 3.29. The largest absolute Gasteiger partial charge is 0.300 e. The van der Waals surface area contributed by atoms with E-state index in [-0.39, 0.29) is 6.04 Å². The number of thiophene rings is 1. The Hall–Kier alpha value is -1.49. The predicted octanol–water partition coefficient (Wildman–Crippen LogP) is 4.96. The first-order valence-corrected chi connectivity index (χ1v) is 9.98. The van der Waals surface area contributed by atoms with Gasteiger partial charge in [0.25, 0.3) is 0 Å². The number of aromatic nitrogens is 1. The van der Waals surface area contributed by atoms with Crippen molar-refractivity contribution in [3.63, 3.8) is 0 Å². The van der Waals surface area contributed by atoms with E-state index in [1.165, 1.54) is 36.1 Å². The van der Waals surface area contributed by atoms with Crippen molar-refractivity contribution in [3.8, 4) is 0 Å². The zero-order valence-corrected chi connectivity index (χ0v) is 14.6. The number of fused-ring (bicyclic) bond motifs is 1. The molecule has 1 atom stereocenters.